The van der Waals surface area contributed by atoms with Gasteiger partial charge in [0.05, 0.1) is 11.4 Å². The van der Waals surface area contributed by atoms with Crippen molar-refractivity contribution in [2.75, 3.05) is 11.9 Å². The Labute approximate surface area is 84.3 Å². The molecule has 4 nitrogen and oxygen atoms in total. The lowest BCUT2D eigenvalue weighted by molar-refractivity contribution is 1.11. The van der Waals surface area contributed by atoms with Gasteiger partial charge in [-0.05, 0) is 32.4 Å². The van der Waals surface area contributed by atoms with Gasteiger partial charge in [-0.1, -0.05) is 0 Å². The van der Waals surface area contributed by atoms with Crippen LogP contribution in [0.5, 0.6) is 0 Å². The number of aliphatic imine (C=N–C) groups is 1. The molecule has 0 saturated heterocycles. The van der Waals surface area contributed by atoms with Gasteiger partial charge in [-0.3, -0.25) is 9.98 Å². The van der Waals surface area contributed by atoms with E-state index >= 15 is 0 Å². The Hall–Kier alpha value is -1.58. The molecule has 3 N–H and O–H groups in total. The van der Waals surface area contributed by atoms with E-state index < -0.39 is 0 Å². The summed E-state index contributed by atoms with van der Waals surface area (Å²) in [5.41, 5.74) is 8.58. The Kier molecular flexibility index (Phi) is 3.45. The van der Waals surface area contributed by atoms with Crippen molar-refractivity contribution in [3.8, 4) is 0 Å². The molecule has 14 heavy (non-hydrogen) atoms. The van der Waals surface area contributed by atoms with Gasteiger partial charge in [0.15, 0.2) is 5.96 Å². The topological polar surface area (TPSA) is 63.3 Å². The van der Waals surface area contributed by atoms with E-state index in [1.165, 1.54) is 0 Å². The average molecular weight is 192 g/mol. The lowest BCUT2D eigenvalue weighted by Gasteiger charge is -2.08. The lowest BCUT2D eigenvalue weighted by Crippen LogP contribution is -2.23. The van der Waals surface area contributed by atoms with E-state index in [4.69, 9.17) is 5.73 Å². The molecule has 0 saturated carbocycles. The van der Waals surface area contributed by atoms with E-state index in [9.17, 15) is 0 Å². The van der Waals surface area contributed by atoms with E-state index in [-0.39, 0.29) is 0 Å². The van der Waals surface area contributed by atoms with Crippen LogP contribution in [0.15, 0.2) is 17.3 Å². The summed E-state index contributed by atoms with van der Waals surface area (Å²) in [6.45, 7) is 6.54. The second kappa shape index (κ2) is 4.60. The van der Waals surface area contributed by atoms with E-state index in [0.29, 0.717) is 12.5 Å². The fourth-order valence-electron chi connectivity index (χ4n) is 1.11. The number of rotatable bonds is 2. The van der Waals surface area contributed by atoms with Crippen LogP contribution in [0.3, 0.4) is 0 Å². The smallest absolute Gasteiger partial charge is 0.193 e. The van der Waals surface area contributed by atoms with E-state index in [1.807, 2.05) is 33.0 Å². The molecule has 0 aliphatic rings. The highest BCUT2D eigenvalue weighted by atomic mass is 15.1. The highest BCUT2D eigenvalue weighted by Crippen LogP contribution is 2.12. The predicted molar refractivity (Wildman–Crippen MR) is 59.5 cm³/mol. The van der Waals surface area contributed by atoms with Crippen LogP contribution in [0.2, 0.25) is 0 Å². The third kappa shape index (κ3) is 2.73. The summed E-state index contributed by atoms with van der Waals surface area (Å²) in [5.74, 6) is 0.433. The van der Waals surface area contributed by atoms with Crippen LogP contribution in [0.1, 0.15) is 18.2 Å². The summed E-state index contributed by atoms with van der Waals surface area (Å²) < 4.78 is 0. The summed E-state index contributed by atoms with van der Waals surface area (Å²) >= 11 is 0. The van der Waals surface area contributed by atoms with Gasteiger partial charge >= 0.3 is 0 Å². The summed E-state index contributed by atoms with van der Waals surface area (Å²) in [7, 11) is 0. The Morgan fingerprint density at radius 3 is 2.93 bits per heavy atom. The van der Waals surface area contributed by atoms with Crippen LogP contribution in [0, 0.1) is 13.8 Å². The Morgan fingerprint density at radius 1 is 1.57 bits per heavy atom. The number of hydrogen-bond donors (Lipinski definition) is 2. The van der Waals surface area contributed by atoms with Crippen LogP contribution in [-0.2, 0) is 0 Å². The Morgan fingerprint density at radius 2 is 2.29 bits per heavy atom. The van der Waals surface area contributed by atoms with Gasteiger partial charge in [-0.25, -0.2) is 0 Å². The summed E-state index contributed by atoms with van der Waals surface area (Å²) in [4.78, 5) is 8.26. The fraction of sp³-hybridized carbons (Fsp3) is 0.400. The molecule has 0 aliphatic heterocycles. The minimum atomic E-state index is 0.433. The number of guanidine groups is 1. The standard InChI is InChI=1S/C10H16N4/c1-4-12-10(11)14-9-5-7(2)6-13-8(9)3/h5-6H,4H2,1-3H3,(H3,11,12,14). The maximum absolute atomic E-state index is 5.65. The monoisotopic (exact) mass is 192 g/mol. The molecule has 1 heterocycles. The molecular formula is C10H16N4. The molecule has 0 amide bonds. The number of aryl methyl sites for hydroxylation is 2. The summed E-state index contributed by atoms with van der Waals surface area (Å²) in [5, 5.41) is 3.02. The number of nitrogens with one attached hydrogen (secondary N) is 1. The van der Waals surface area contributed by atoms with Crippen molar-refractivity contribution in [1.29, 1.82) is 0 Å². The van der Waals surface area contributed by atoms with Gasteiger partial charge in [0.1, 0.15) is 0 Å². The number of pyridine rings is 1. The molecule has 1 aromatic rings. The summed E-state index contributed by atoms with van der Waals surface area (Å²) in [6.07, 6.45) is 1.83. The Balaban J connectivity index is 2.85. The molecule has 1 aromatic heterocycles. The quantitative estimate of drug-likeness (QED) is 0.550. The van der Waals surface area contributed by atoms with E-state index in [2.05, 4.69) is 15.3 Å². The Bertz CT molecular complexity index is 344. The van der Waals surface area contributed by atoms with Gasteiger partial charge in [-0.15, -0.1) is 0 Å². The van der Waals surface area contributed by atoms with Gasteiger partial charge in [0, 0.05) is 12.7 Å². The van der Waals surface area contributed by atoms with Crippen molar-refractivity contribution < 1.29 is 0 Å². The fourth-order valence-corrected chi connectivity index (χ4v) is 1.11. The molecule has 0 aliphatic carbocycles. The predicted octanol–water partition coefficient (Wildman–Crippen LogP) is 1.44. The van der Waals surface area contributed by atoms with Crippen LogP contribution >= 0.6 is 0 Å². The van der Waals surface area contributed by atoms with Gasteiger partial charge < -0.3 is 11.1 Å². The molecule has 0 unspecified atom stereocenters. The maximum Gasteiger partial charge on any atom is 0.193 e. The highest BCUT2D eigenvalue weighted by Gasteiger charge is 2.00. The molecule has 76 valence electrons. The molecule has 0 bridgehead atoms. The van der Waals surface area contributed by atoms with Crippen LogP contribution in [-0.4, -0.2) is 17.5 Å². The first-order chi connectivity index (χ1) is 6.63. The third-order valence-corrected chi connectivity index (χ3v) is 1.81. The second-order valence-corrected chi connectivity index (χ2v) is 3.13. The molecular weight excluding hydrogens is 176 g/mol. The first kappa shape index (κ1) is 10.5. The van der Waals surface area contributed by atoms with E-state index in [1.54, 1.807) is 0 Å². The van der Waals surface area contributed by atoms with Gasteiger partial charge in [0.2, 0.25) is 0 Å². The zero-order chi connectivity index (χ0) is 10.6. The molecule has 4 heteroatoms. The third-order valence-electron chi connectivity index (χ3n) is 1.81. The van der Waals surface area contributed by atoms with Crippen molar-refractivity contribution in [2.24, 2.45) is 10.7 Å². The van der Waals surface area contributed by atoms with Crippen LogP contribution < -0.4 is 11.1 Å². The molecule has 0 radical (unpaired) electrons. The minimum absolute atomic E-state index is 0.433. The number of hydrogen-bond acceptors (Lipinski definition) is 2. The van der Waals surface area contributed by atoms with E-state index in [0.717, 1.165) is 16.9 Å². The number of nitrogens with zero attached hydrogens (tertiary/aromatic N) is 2. The number of aromatic nitrogens is 1. The summed E-state index contributed by atoms with van der Waals surface area (Å²) in [6, 6.07) is 2.00. The first-order valence-electron chi connectivity index (χ1n) is 4.63. The maximum atomic E-state index is 5.65. The lowest BCUT2D eigenvalue weighted by atomic mass is 10.2. The molecule has 1 rings (SSSR count). The van der Waals surface area contributed by atoms with Crippen LogP contribution in [0.4, 0.5) is 5.69 Å². The van der Waals surface area contributed by atoms with Crippen molar-refractivity contribution in [3.05, 3.63) is 23.5 Å². The van der Waals surface area contributed by atoms with Crippen molar-refractivity contribution in [3.63, 3.8) is 0 Å². The zero-order valence-electron chi connectivity index (χ0n) is 8.83. The normalized spacial score (nSPS) is 11.5. The zero-order valence-corrected chi connectivity index (χ0v) is 8.83. The largest absolute Gasteiger partial charge is 0.370 e. The molecule has 0 fully saturated rings. The molecule has 0 atom stereocenters. The number of anilines is 1. The van der Waals surface area contributed by atoms with Crippen molar-refractivity contribution >= 4 is 11.6 Å². The van der Waals surface area contributed by atoms with Gasteiger partial charge in [-0.2, -0.15) is 0 Å². The second-order valence-electron chi connectivity index (χ2n) is 3.13. The van der Waals surface area contributed by atoms with Crippen molar-refractivity contribution in [2.45, 2.75) is 20.8 Å². The minimum Gasteiger partial charge on any atom is -0.370 e. The molecule has 0 spiro atoms. The van der Waals surface area contributed by atoms with Crippen molar-refractivity contribution in [1.82, 2.24) is 4.98 Å². The average Bonchev–Trinajstić information content (AvgIpc) is 2.12. The van der Waals surface area contributed by atoms with Gasteiger partial charge in [0.25, 0.3) is 0 Å². The molecule has 0 aromatic carbocycles. The SMILES string of the molecule is CCN=C(N)Nc1cc(C)cnc1C. The van der Waals surface area contributed by atoms with Crippen LogP contribution in [0.25, 0.3) is 0 Å². The first-order valence-corrected chi connectivity index (χ1v) is 4.63. The highest BCUT2D eigenvalue weighted by molar-refractivity contribution is 5.92. The number of nitrogens with two attached hydrogens (primary N) is 1.